The molecule has 0 spiro atoms. The molecule has 0 unspecified atom stereocenters. The Hall–Kier alpha value is -2.59. The topological polar surface area (TPSA) is 46.9 Å². The minimum absolute atomic E-state index is 0.0275. The Morgan fingerprint density at radius 1 is 1.21 bits per heavy atom. The lowest BCUT2D eigenvalue weighted by molar-refractivity contribution is -0.121. The molecule has 2 aromatic heterocycles. The van der Waals surface area contributed by atoms with Crippen LogP contribution in [0, 0.1) is 0 Å². The molecule has 0 fully saturated rings. The lowest BCUT2D eigenvalue weighted by atomic mass is 10.1. The average Bonchev–Trinajstić information content (AvgIpc) is 3.04. The molecular formula is C19H18ClN3O. The molecule has 0 radical (unpaired) electrons. The molecule has 1 N–H and O–H groups in total. The summed E-state index contributed by atoms with van der Waals surface area (Å²) in [5.74, 6) is -0.0275. The highest BCUT2D eigenvalue weighted by Crippen LogP contribution is 2.17. The first-order chi connectivity index (χ1) is 11.6. The van der Waals surface area contributed by atoms with E-state index in [-0.39, 0.29) is 11.9 Å². The second kappa shape index (κ2) is 7.32. The molecule has 5 heteroatoms. The van der Waals surface area contributed by atoms with Crippen LogP contribution < -0.4 is 5.32 Å². The van der Waals surface area contributed by atoms with Crippen LogP contribution in [-0.4, -0.2) is 15.5 Å². The van der Waals surface area contributed by atoms with E-state index >= 15 is 0 Å². The first-order valence-corrected chi connectivity index (χ1v) is 8.13. The molecule has 3 aromatic rings. The fraction of sp³-hybridized carbons (Fsp3) is 0.158. The lowest BCUT2D eigenvalue weighted by Gasteiger charge is -2.15. The van der Waals surface area contributed by atoms with Gasteiger partial charge in [0.2, 0.25) is 5.91 Å². The van der Waals surface area contributed by atoms with E-state index in [2.05, 4.69) is 10.3 Å². The van der Waals surface area contributed by atoms with Crippen molar-refractivity contribution >= 4 is 17.5 Å². The summed E-state index contributed by atoms with van der Waals surface area (Å²) in [6.45, 7) is 1.95. The molecule has 1 aromatic carbocycles. The molecule has 0 aliphatic carbocycles. The van der Waals surface area contributed by atoms with Gasteiger partial charge in [-0.3, -0.25) is 9.78 Å². The van der Waals surface area contributed by atoms with Crippen molar-refractivity contribution in [3.63, 3.8) is 0 Å². The normalized spacial score (nSPS) is 11.9. The van der Waals surface area contributed by atoms with Crippen LogP contribution in [0.1, 0.15) is 24.2 Å². The third-order valence-corrected chi connectivity index (χ3v) is 4.09. The van der Waals surface area contributed by atoms with Crippen molar-refractivity contribution in [2.45, 2.75) is 19.4 Å². The molecule has 0 aliphatic heterocycles. The molecule has 0 aliphatic rings. The monoisotopic (exact) mass is 339 g/mol. The SMILES string of the molecule is C[C@H](NC(=O)Cc1cccn1-c1ccc(Cl)cc1)c1cccnc1. The predicted octanol–water partition coefficient (Wildman–Crippen LogP) is 3.95. The summed E-state index contributed by atoms with van der Waals surface area (Å²) in [6.07, 6.45) is 5.73. The summed E-state index contributed by atoms with van der Waals surface area (Å²) < 4.78 is 1.99. The number of carbonyl (C=O) groups is 1. The zero-order valence-corrected chi connectivity index (χ0v) is 14.1. The van der Waals surface area contributed by atoms with Gasteiger partial charge < -0.3 is 9.88 Å². The van der Waals surface area contributed by atoms with Crippen LogP contribution in [0.3, 0.4) is 0 Å². The van der Waals surface area contributed by atoms with Crippen molar-refractivity contribution in [1.82, 2.24) is 14.9 Å². The molecule has 0 bridgehead atoms. The molecular weight excluding hydrogens is 322 g/mol. The smallest absolute Gasteiger partial charge is 0.226 e. The summed E-state index contributed by atoms with van der Waals surface area (Å²) in [5.41, 5.74) is 2.89. The van der Waals surface area contributed by atoms with E-state index in [1.165, 1.54) is 0 Å². The third-order valence-electron chi connectivity index (χ3n) is 3.84. The molecule has 122 valence electrons. The fourth-order valence-corrected chi connectivity index (χ4v) is 2.71. The Bertz CT molecular complexity index is 812. The second-order valence-electron chi connectivity index (χ2n) is 5.60. The Labute approximate surface area is 146 Å². The van der Waals surface area contributed by atoms with Crippen LogP contribution in [0.2, 0.25) is 5.02 Å². The number of amides is 1. The average molecular weight is 340 g/mol. The van der Waals surface area contributed by atoms with E-state index in [0.29, 0.717) is 11.4 Å². The van der Waals surface area contributed by atoms with E-state index in [1.54, 1.807) is 12.4 Å². The zero-order valence-electron chi connectivity index (χ0n) is 13.3. The van der Waals surface area contributed by atoms with Gasteiger partial charge in [-0.25, -0.2) is 0 Å². The van der Waals surface area contributed by atoms with Crippen LogP contribution in [0.5, 0.6) is 0 Å². The lowest BCUT2D eigenvalue weighted by Crippen LogP contribution is -2.28. The van der Waals surface area contributed by atoms with Gasteiger partial charge in [-0.1, -0.05) is 17.7 Å². The summed E-state index contributed by atoms with van der Waals surface area (Å²) >= 11 is 5.93. The largest absolute Gasteiger partial charge is 0.349 e. The van der Waals surface area contributed by atoms with E-state index < -0.39 is 0 Å². The number of nitrogens with one attached hydrogen (secondary N) is 1. The fourth-order valence-electron chi connectivity index (χ4n) is 2.59. The van der Waals surface area contributed by atoms with E-state index in [0.717, 1.165) is 16.9 Å². The Balaban J connectivity index is 1.69. The Morgan fingerprint density at radius 3 is 2.71 bits per heavy atom. The van der Waals surface area contributed by atoms with Crippen molar-refractivity contribution in [2.75, 3.05) is 0 Å². The maximum Gasteiger partial charge on any atom is 0.226 e. The Kier molecular flexibility index (Phi) is 4.96. The van der Waals surface area contributed by atoms with Crippen LogP contribution in [0.15, 0.2) is 67.1 Å². The summed E-state index contributed by atoms with van der Waals surface area (Å²) in [6, 6.07) is 15.2. The highest BCUT2D eigenvalue weighted by atomic mass is 35.5. The molecule has 0 saturated carbocycles. The molecule has 3 rings (SSSR count). The van der Waals surface area contributed by atoms with Crippen molar-refractivity contribution < 1.29 is 4.79 Å². The molecule has 24 heavy (non-hydrogen) atoms. The molecule has 1 atom stereocenters. The van der Waals surface area contributed by atoms with Crippen LogP contribution in [0.25, 0.3) is 5.69 Å². The minimum atomic E-state index is -0.0786. The van der Waals surface area contributed by atoms with Gasteiger partial charge in [-0.15, -0.1) is 0 Å². The van der Waals surface area contributed by atoms with Crippen molar-refractivity contribution in [3.05, 3.63) is 83.4 Å². The van der Waals surface area contributed by atoms with Gasteiger partial charge in [0.15, 0.2) is 0 Å². The predicted molar refractivity (Wildman–Crippen MR) is 95.3 cm³/mol. The van der Waals surface area contributed by atoms with Crippen molar-refractivity contribution in [3.8, 4) is 5.69 Å². The second-order valence-corrected chi connectivity index (χ2v) is 6.03. The third kappa shape index (κ3) is 3.84. The van der Waals surface area contributed by atoms with Gasteiger partial charge in [0.25, 0.3) is 0 Å². The Morgan fingerprint density at radius 2 is 2.00 bits per heavy atom. The molecule has 2 heterocycles. The van der Waals surface area contributed by atoms with Gasteiger partial charge in [-0.05, 0) is 55.0 Å². The number of benzene rings is 1. The van der Waals surface area contributed by atoms with Crippen molar-refractivity contribution in [2.24, 2.45) is 0 Å². The van der Waals surface area contributed by atoms with E-state index in [1.807, 2.05) is 66.2 Å². The van der Waals surface area contributed by atoms with Gasteiger partial charge in [0.1, 0.15) is 0 Å². The van der Waals surface area contributed by atoms with Gasteiger partial charge in [0.05, 0.1) is 12.5 Å². The van der Waals surface area contributed by atoms with Crippen LogP contribution in [0.4, 0.5) is 0 Å². The number of hydrogen-bond acceptors (Lipinski definition) is 2. The number of rotatable bonds is 5. The zero-order chi connectivity index (χ0) is 16.9. The maximum absolute atomic E-state index is 12.4. The van der Waals surface area contributed by atoms with Gasteiger partial charge in [-0.2, -0.15) is 0 Å². The van der Waals surface area contributed by atoms with Crippen molar-refractivity contribution in [1.29, 1.82) is 0 Å². The number of pyridine rings is 1. The summed E-state index contributed by atoms with van der Waals surface area (Å²) in [5, 5.41) is 3.70. The first kappa shape index (κ1) is 16.3. The number of halogens is 1. The number of hydrogen-bond donors (Lipinski definition) is 1. The number of aromatic nitrogens is 2. The van der Waals surface area contributed by atoms with E-state index in [9.17, 15) is 4.79 Å². The minimum Gasteiger partial charge on any atom is -0.349 e. The van der Waals surface area contributed by atoms with Crippen LogP contribution >= 0.6 is 11.6 Å². The first-order valence-electron chi connectivity index (χ1n) is 7.75. The summed E-state index contributed by atoms with van der Waals surface area (Å²) in [7, 11) is 0. The van der Waals surface area contributed by atoms with Gasteiger partial charge >= 0.3 is 0 Å². The molecule has 1 amide bonds. The quantitative estimate of drug-likeness (QED) is 0.765. The van der Waals surface area contributed by atoms with Crippen LogP contribution in [-0.2, 0) is 11.2 Å². The summed E-state index contributed by atoms with van der Waals surface area (Å²) in [4.78, 5) is 16.4. The number of carbonyl (C=O) groups excluding carboxylic acids is 1. The standard InChI is InChI=1S/C19H18ClN3O/c1-14(15-4-2-10-21-13-15)22-19(24)12-18-5-3-11-23(18)17-8-6-16(20)7-9-17/h2-11,13-14H,12H2,1H3,(H,22,24)/t14-/m0/s1. The van der Waals surface area contributed by atoms with Gasteiger partial charge in [0, 0.05) is 35.0 Å². The van der Waals surface area contributed by atoms with E-state index in [4.69, 9.17) is 11.6 Å². The molecule has 4 nitrogen and oxygen atoms in total. The highest BCUT2D eigenvalue weighted by Gasteiger charge is 2.12. The maximum atomic E-state index is 12.4. The highest BCUT2D eigenvalue weighted by molar-refractivity contribution is 6.30. The number of nitrogens with zero attached hydrogens (tertiary/aromatic N) is 2. The molecule has 0 saturated heterocycles.